The number of halogens is 1. The van der Waals surface area contributed by atoms with Gasteiger partial charge in [-0.1, -0.05) is 0 Å². The number of rotatable bonds is 6. The zero-order valence-corrected chi connectivity index (χ0v) is 16.7. The van der Waals surface area contributed by atoms with E-state index in [1.807, 2.05) is 6.07 Å². The third-order valence-electron chi connectivity index (χ3n) is 3.98. The van der Waals surface area contributed by atoms with Crippen molar-refractivity contribution in [2.24, 2.45) is 0 Å². The summed E-state index contributed by atoms with van der Waals surface area (Å²) in [5.74, 6) is -0.871. The monoisotopic (exact) mass is 424 g/mol. The van der Waals surface area contributed by atoms with Gasteiger partial charge >= 0.3 is 0 Å². The first-order chi connectivity index (χ1) is 14.4. The number of aromatic nitrogens is 1. The van der Waals surface area contributed by atoms with E-state index >= 15 is 0 Å². The lowest BCUT2D eigenvalue weighted by molar-refractivity contribution is -0.132. The third kappa shape index (κ3) is 5.62. The van der Waals surface area contributed by atoms with Crippen LogP contribution in [0, 0.1) is 17.1 Å². The summed E-state index contributed by atoms with van der Waals surface area (Å²) in [6.45, 7) is 1.54. The van der Waals surface area contributed by atoms with Crippen LogP contribution in [0.1, 0.15) is 18.2 Å². The minimum atomic E-state index is -0.859. The summed E-state index contributed by atoms with van der Waals surface area (Å²) in [6, 6.07) is 14.3. The molecular weight excluding hydrogens is 407 g/mol. The van der Waals surface area contributed by atoms with Gasteiger partial charge < -0.3 is 4.74 Å². The van der Waals surface area contributed by atoms with Crippen molar-refractivity contribution in [2.75, 3.05) is 0 Å². The average molecular weight is 424 g/mol. The molecule has 0 unspecified atom stereocenters. The van der Waals surface area contributed by atoms with E-state index in [1.54, 1.807) is 41.8 Å². The van der Waals surface area contributed by atoms with Gasteiger partial charge in [0.25, 0.3) is 5.91 Å². The van der Waals surface area contributed by atoms with E-state index in [-0.39, 0.29) is 12.2 Å². The lowest BCUT2D eigenvalue weighted by Crippen LogP contribution is -2.47. The highest BCUT2D eigenvalue weighted by molar-refractivity contribution is 7.13. The van der Waals surface area contributed by atoms with Crippen molar-refractivity contribution >= 4 is 23.2 Å². The summed E-state index contributed by atoms with van der Waals surface area (Å²) in [7, 11) is 0. The third-order valence-corrected chi connectivity index (χ3v) is 4.92. The van der Waals surface area contributed by atoms with Gasteiger partial charge in [-0.25, -0.2) is 9.37 Å². The van der Waals surface area contributed by atoms with Gasteiger partial charge in [0.05, 0.1) is 23.7 Å². The van der Waals surface area contributed by atoms with Crippen LogP contribution >= 0.6 is 11.3 Å². The summed E-state index contributed by atoms with van der Waals surface area (Å²) >= 11 is 1.34. The quantitative estimate of drug-likeness (QED) is 0.592. The second-order valence-electron chi connectivity index (χ2n) is 6.26. The molecule has 9 heteroatoms. The number of carbonyl (C=O) groups is 2. The van der Waals surface area contributed by atoms with Crippen molar-refractivity contribution in [3.05, 3.63) is 71.0 Å². The fourth-order valence-corrected chi connectivity index (χ4v) is 3.25. The molecule has 0 bridgehead atoms. The minimum absolute atomic E-state index is 0.0250. The molecule has 3 rings (SSSR count). The number of hydrogen-bond donors (Lipinski definition) is 2. The Morgan fingerprint density at radius 3 is 2.53 bits per heavy atom. The van der Waals surface area contributed by atoms with Crippen LogP contribution in [-0.2, 0) is 16.0 Å². The number of ether oxygens (including phenoxy) is 1. The van der Waals surface area contributed by atoms with Crippen LogP contribution < -0.4 is 15.6 Å². The van der Waals surface area contributed by atoms with Gasteiger partial charge in [-0.15, -0.1) is 11.3 Å². The highest BCUT2D eigenvalue weighted by Gasteiger charge is 2.16. The molecule has 2 N–H and O–H groups in total. The van der Waals surface area contributed by atoms with Gasteiger partial charge in [-0.2, -0.15) is 5.26 Å². The molecular formula is C21H17FN4O3S. The standard InChI is InChI=1S/C21H17FN4O3S/c1-13(29-18-8-2-14(11-23)3-9-18)20(28)26-25-19(27)10-17-12-30-21(24-17)15-4-6-16(22)7-5-15/h2-9,12-13H,10H2,1H3,(H,25,27)(H,26,28)/t13-/m0/s1. The normalized spacial score (nSPS) is 11.2. The molecule has 3 aromatic rings. The first kappa shape index (κ1) is 21.0. The number of benzene rings is 2. The van der Waals surface area contributed by atoms with Gasteiger partial charge in [0.1, 0.15) is 16.6 Å². The topological polar surface area (TPSA) is 104 Å². The van der Waals surface area contributed by atoms with Crippen molar-refractivity contribution < 1.29 is 18.7 Å². The highest BCUT2D eigenvalue weighted by atomic mass is 32.1. The van der Waals surface area contributed by atoms with E-state index in [2.05, 4.69) is 15.8 Å². The Morgan fingerprint density at radius 2 is 1.87 bits per heavy atom. The molecule has 2 aromatic carbocycles. The Labute approximate surface area is 176 Å². The average Bonchev–Trinajstić information content (AvgIpc) is 3.21. The lowest BCUT2D eigenvalue weighted by Gasteiger charge is -2.15. The summed E-state index contributed by atoms with van der Waals surface area (Å²) < 4.78 is 18.5. The molecule has 0 aliphatic heterocycles. The smallest absolute Gasteiger partial charge is 0.279 e. The molecule has 0 saturated carbocycles. The van der Waals surface area contributed by atoms with Crippen LogP contribution in [0.5, 0.6) is 5.75 Å². The molecule has 1 heterocycles. The first-order valence-corrected chi connectivity index (χ1v) is 9.78. The SMILES string of the molecule is C[C@H](Oc1ccc(C#N)cc1)C(=O)NNC(=O)Cc1csc(-c2ccc(F)cc2)n1. The summed E-state index contributed by atoms with van der Waals surface area (Å²) in [4.78, 5) is 28.5. The van der Waals surface area contributed by atoms with Gasteiger partial charge in [0.2, 0.25) is 5.91 Å². The minimum Gasteiger partial charge on any atom is -0.481 e. The van der Waals surface area contributed by atoms with E-state index in [9.17, 15) is 14.0 Å². The van der Waals surface area contributed by atoms with Crippen molar-refractivity contribution in [1.29, 1.82) is 5.26 Å². The number of hydrazine groups is 1. The Bertz CT molecular complexity index is 1070. The van der Waals surface area contributed by atoms with Crippen molar-refractivity contribution in [3.63, 3.8) is 0 Å². The van der Waals surface area contributed by atoms with Crippen LogP contribution in [0.3, 0.4) is 0 Å². The van der Waals surface area contributed by atoms with E-state index < -0.39 is 17.9 Å². The fourth-order valence-electron chi connectivity index (χ4n) is 2.42. The second-order valence-corrected chi connectivity index (χ2v) is 7.12. The molecule has 152 valence electrons. The molecule has 1 atom stereocenters. The summed E-state index contributed by atoms with van der Waals surface area (Å²) in [5, 5.41) is 11.2. The van der Waals surface area contributed by atoms with Gasteiger partial charge in [-0.05, 0) is 55.5 Å². The van der Waals surface area contributed by atoms with Crippen molar-refractivity contribution in [1.82, 2.24) is 15.8 Å². The molecule has 0 saturated heterocycles. The maximum Gasteiger partial charge on any atom is 0.279 e. The number of amides is 2. The first-order valence-electron chi connectivity index (χ1n) is 8.90. The van der Waals surface area contributed by atoms with Gasteiger partial charge in [0, 0.05) is 10.9 Å². The van der Waals surface area contributed by atoms with Crippen LogP contribution in [0.2, 0.25) is 0 Å². The number of nitriles is 1. The molecule has 0 spiro atoms. The number of carbonyl (C=O) groups excluding carboxylic acids is 2. The zero-order valence-electron chi connectivity index (χ0n) is 15.9. The Kier molecular flexibility index (Phi) is 6.72. The summed E-state index contributed by atoms with van der Waals surface area (Å²) in [5.41, 5.74) is 6.41. The molecule has 1 aromatic heterocycles. The van der Waals surface area contributed by atoms with Crippen LogP contribution in [0.25, 0.3) is 10.6 Å². The molecule has 0 radical (unpaired) electrons. The largest absolute Gasteiger partial charge is 0.481 e. The van der Waals surface area contributed by atoms with Crippen LogP contribution in [0.4, 0.5) is 4.39 Å². The maximum atomic E-state index is 13.0. The molecule has 0 aliphatic rings. The zero-order chi connectivity index (χ0) is 21.5. The second kappa shape index (κ2) is 9.62. The molecule has 30 heavy (non-hydrogen) atoms. The van der Waals surface area contributed by atoms with Gasteiger partial charge in [-0.3, -0.25) is 20.4 Å². The number of nitrogens with one attached hydrogen (secondary N) is 2. The Morgan fingerprint density at radius 1 is 1.17 bits per heavy atom. The Balaban J connectivity index is 1.47. The van der Waals surface area contributed by atoms with E-state index in [4.69, 9.17) is 10.00 Å². The summed E-state index contributed by atoms with van der Waals surface area (Å²) in [6.07, 6.45) is -0.884. The highest BCUT2D eigenvalue weighted by Crippen LogP contribution is 2.24. The Hall–Kier alpha value is -3.77. The number of thiazole rings is 1. The number of nitrogens with zero attached hydrogens (tertiary/aromatic N) is 2. The van der Waals surface area contributed by atoms with Crippen molar-refractivity contribution in [2.45, 2.75) is 19.4 Å². The van der Waals surface area contributed by atoms with Gasteiger partial charge in [0.15, 0.2) is 6.10 Å². The molecule has 0 fully saturated rings. The predicted octanol–water partition coefficient (Wildman–Crippen LogP) is 2.98. The fraction of sp³-hybridized carbons (Fsp3) is 0.143. The van der Waals surface area contributed by atoms with Crippen LogP contribution in [0.15, 0.2) is 53.9 Å². The van der Waals surface area contributed by atoms with Crippen molar-refractivity contribution in [3.8, 4) is 22.4 Å². The molecule has 7 nitrogen and oxygen atoms in total. The predicted molar refractivity (Wildman–Crippen MR) is 109 cm³/mol. The maximum absolute atomic E-state index is 13.0. The number of hydrogen-bond acceptors (Lipinski definition) is 6. The van der Waals surface area contributed by atoms with Crippen LogP contribution in [-0.4, -0.2) is 22.9 Å². The van der Waals surface area contributed by atoms with E-state index in [1.165, 1.54) is 30.4 Å². The molecule has 2 amide bonds. The van der Waals surface area contributed by atoms with E-state index in [0.717, 1.165) is 5.56 Å². The van der Waals surface area contributed by atoms with E-state index in [0.29, 0.717) is 22.0 Å². The lowest BCUT2D eigenvalue weighted by atomic mass is 10.2. The molecule has 0 aliphatic carbocycles.